The highest BCUT2D eigenvalue weighted by Crippen LogP contribution is 2.22. The number of hydrogen-bond donors (Lipinski definition) is 1. The van der Waals surface area contributed by atoms with Crippen molar-refractivity contribution in [3.05, 3.63) is 40.8 Å². The smallest absolute Gasteiger partial charge is 0.233 e. The van der Waals surface area contributed by atoms with Crippen LogP contribution in [-0.4, -0.2) is 38.5 Å². The highest BCUT2D eigenvalue weighted by molar-refractivity contribution is 7.99. The van der Waals surface area contributed by atoms with Gasteiger partial charge in [-0.1, -0.05) is 11.8 Å². The van der Waals surface area contributed by atoms with Crippen LogP contribution in [0.5, 0.6) is 0 Å². The van der Waals surface area contributed by atoms with Crippen LogP contribution >= 0.6 is 23.1 Å². The topological polar surface area (TPSA) is 90.2 Å². The zero-order valence-electron chi connectivity index (χ0n) is 12.4. The first-order valence-corrected chi connectivity index (χ1v) is 8.70. The quantitative estimate of drug-likeness (QED) is 0.541. The number of furan rings is 1. The van der Waals surface area contributed by atoms with Gasteiger partial charge >= 0.3 is 0 Å². The maximum atomic E-state index is 12.2. The lowest BCUT2D eigenvalue weighted by atomic mass is 10.3. The number of thioether (sulfide) groups is 1. The first kappa shape index (κ1) is 15.6. The number of carbonyl (C=O) groups is 1. The molecule has 3 aromatic heterocycles. The Morgan fingerprint density at radius 1 is 1.48 bits per heavy atom. The average molecular weight is 349 g/mol. The number of hydrogen-bond acceptors (Lipinski definition) is 7. The fourth-order valence-corrected chi connectivity index (χ4v) is 3.39. The van der Waals surface area contributed by atoms with Crippen LogP contribution in [0.15, 0.2) is 44.8 Å². The van der Waals surface area contributed by atoms with Crippen molar-refractivity contribution in [3.8, 4) is 11.6 Å². The van der Waals surface area contributed by atoms with E-state index in [9.17, 15) is 4.79 Å². The number of thiophene rings is 1. The molecule has 0 aliphatic rings. The second-order valence-electron chi connectivity index (χ2n) is 4.82. The molecule has 0 bridgehead atoms. The number of carbonyl (C=O) groups excluding carboxylic acids is 1. The Hall–Kier alpha value is -2.26. The van der Waals surface area contributed by atoms with Gasteiger partial charge in [-0.3, -0.25) is 4.79 Å². The van der Waals surface area contributed by atoms with Crippen molar-refractivity contribution in [2.75, 3.05) is 18.6 Å². The van der Waals surface area contributed by atoms with E-state index in [-0.39, 0.29) is 11.7 Å². The molecule has 3 rings (SSSR count). The van der Waals surface area contributed by atoms with Gasteiger partial charge in [0.2, 0.25) is 16.9 Å². The molecule has 0 radical (unpaired) electrons. The predicted molar refractivity (Wildman–Crippen MR) is 89.4 cm³/mol. The van der Waals surface area contributed by atoms with Crippen molar-refractivity contribution >= 4 is 29.0 Å². The van der Waals surface area contributed by atoms with E-state index in [1.54, 1.807) is 41.7 Å². The summed E-state index contributed by atoms with van der Waals surface area (Å²) in [4.78, 5) is 13.9. The van der Waals surface area contributed by atoms with E-state index in [1.165, 1.54) is 16.4 Å². The third-order valence-electron chi connectivity index (χ3n) is 3.16. The Labute approximate surface area is 141 Å². The number of nitrogens with zero attached hydrogens (tertiary/aromatic N) is 4. The molecule has 0 saturated carbocycles. The van der Waals surface area contributed by atoms with Crippen molar-refractivity contribution in [2.24, 2.45) is 0 Å². The minimum Gasteiger partial charge on any atom is -0.461 e. The van der Waals surface area contributed by atoms with Gasteiger partial charge in [-0.2, -0.15) is 11.3 Å². The molecule has 3 heterocycles. The monoisotopic (exact) mass is 349 g/mol. The van der Waals surface area contributed by atoms with Crippen molar-refractivity contribution in [3.63, 3.8) is 0 Å². The number of nitrogen functional groups attached to an aromatic ring is 1. The van der Waals surface area contributed by atoms with E-state index in [1.807, 2.05) is 16.8 Å². The lowest BCUT2D eigenvalue weighted by Crippen LogP contribution is -2.27. The van der Waals surface area contributed by atoms with E-state index in [0.717, 1.165) is 5.56 Å². The maximum Gasteiger partial charge on any atom is 0.233 e. The minimum absolute atomic E-state index is 0.00347. The molecule has 3 aromatic rings. The van der Waals surface area contributed by atoms with E-state index in [4.69, 9.17) is 10.3 Å². The van der Waals surface area contributed by atoms with Crippen molar-refractivity contribution < 1.29 is 9.21 Å². The van der Waals surface area contributed by atoms with Gasteiger partial charge in [0.25, 0.3) is 0 Å². The summed E-state index contributed by atoms with van der Waals surface area (Å²) in [6.45, 7) is 0.593. The van der Waals surface area contributed by atoms with Crippen LogP contribution in [0, 0.1) is 0 Å². The lowest BCUT2D eigenvalue weighted by Gasteiger charge is -2.15. The fraction of sp³-hybridized carbons (Fsp3) is 0.214. The summed E-state index contributed by atoms with van der Waals surface area (Å²) in [5, 5.41) is 12.5. The summed E-state index contributed by atoms with van der Waals surface area (Å²) in [5.74, 6) is 7.16. The number of amides is 1. The van der Waals surface area contributed by atoms with Gasteiger partial charge in [0.1, 0.15) is 0 Å². The highest BCUT2D eigenvalue weighted by Gasteiger charge is 2.17. The van der Waals surface area contributed by atoms with Crippen LogP contribution in [0.1, 0.15) is 5.56 Å². The summed E-state index contributed by atoms with van der Waals surface area (Å²) in [6.07, 6.45) is 1.54. The van der Waals surface area contributed by atoms with E-state index >= 15 is 0 Å². The van der Waals surface area contributed by atoms with Gasteiger partial charge in [0.05, 0.1) is 12.0 Å². The van der Waals surface area contributed by atoms with Crippen molar-refractivity contribution in [1.82, 2.24) is 19.8 Å². The van der Waals surface area contributed by atoms with Gasteiger partial charge in [-0.05, 0) is 34.5 Å². The van der Waals surface area contributed by atoms with Crippen LogP contribution in [0.25, 0.3) is 11.6 Å². The standard InChI is InChI=1S/C14H15N5O2S2/c1-18(7-10-4-6-22-8-10)12(20)9-23-14-17-16-13(19(14)15)11-3-2-5-21-11/h2-6,8H,7,9,15H2,1H3. The SMILES string of the molecule is CN(Cc1ccsc1)C(=O)CSc1nnc(-c2ccco2)n1N. The largest absolute Gasteiger partial charge is 0.461 e. The normalized spacial score (nSPS) is 10.8. The van der Waals surface area contributed by atoms with E-state index in [0.29, 0.717) is 23.3 Å². The summed E-state index contributed by atoms with van der Waals surface area (Å²) in [5.41, 5.74) is 1.12. The molecule has 0 atom stereocenters. The van der Waals surface area contributed by atoms with Crippen LogP contribution in [0.3, 0.4) is 0 Å². The summed E-state index contributed by atoms with van der Waals surface area (Å²) in [7, 11) is 1.78. The summed E-state index contributed by atoms with van der Waals surface area (Å²) in [6, 6.07) is 5.51. The van der Waals surface area contributed by atoms with Crippen molar-refractivity contribution in [1.29, 1.82) is 0 Å². The Balaban J connectivity index is 1.59. The molecule has 0 saturated heterocycles. The molecule has 0 aliphatic heterocycles. The Kier molecular flexibility index (Phi) is 4.68. The molecule has 0 aliphatic carbocycles. The van der Waals surface area contributed by atoms with Gasteiger partial charge in [-0.25, -0.2) is 4.68 Å². The number of rotatable bonds is 6. The highest BCUT2D eigenvalue weighted by atomic mass is 32.2. The molecule has 2 N–H and O–H groups in total. The predicted octanol–water partition coefficient (Wildman–Crippen LogP) is 2.06. The van der Waals surface area contributed by atoms with Crippen LogP contribution in [-0.2, 0) is 11.3 Å². The van der Waals surface area contributed by atoms with Crippen LogP contribution < -0.4 is 5.84 Å². The van der Waals surface area contributed by atoms with E-state index in [2.05, 4.69) is 10.2 Å². The molecular formula is C14H15N5O2S2. The Morgan fingerprint density at radius 3 is 3.04 bits per heavy atom. The first-order valence-electron chi connectivity index (χ1n) is 6.77. The summed E-state index contributed by atoms with van der Waals surface area (Å²) < 4.78 is 6.58. The molecule has 9 heteroatoms. The molecule has 0 fully saturated rings. The zero-order valence-corrected chi connectivity index (χ0v) is 14.0. The second kappa shape index (κ2) is 6.88. The minimum atomic E-state index is 0.00347. The molecular weight excluding hydrogens is 334 g/mol. The van der Waals surface area contributed by atoms with Gasteiger partial charge < -0.3 is 15.2 Å². The number of nitrogens with two attached hydrogens (primary N) is 1. The third kappa shape index (κ3) is 3.57. The first-order chi connectivity index (χ1) is 11.1. The fourth-order valence-electron chi connectivity index (χ4n) is 1.93. The lowest BCUT2D eigenvalue weighted by molar-refractivity contribution is -0.127. The Morgan fingerprint density at radius 2 is 2.35 bits per heavy atom. The summed E-state index contributed by atoms with van der Waals surface area (Å²) >= 11 is 2.86. The third-order valence-corrected chi connectivity index (χ3v) is 4.82. The Bertz CT molecular complexity index is 767. The number of aromatic nitrogens is 3. The van der Waals surface area contributed by atoms with Gasteiger partial charge in [0, 0.05) is 13.6 Å². The van der Waals surface area contributed by atoms with E-state index < -0.39 is 0 Å². The molecule has 0 unspecified atom stereocenters. The van der Waals surface area contributed by atoms with Gasteiger partial charge in [0.15, 0.2) is 5.76 Å². The molecule has 23 heavy (non-hydrogen) atoms. The molecule has 120 valence electrons. The van der Waals surface area contributed by atoms with Gasteiger partial charge in [-0.15, -0.1) is 10.2 Å². The van der Waals surface area contributed by atoms with Crippen LogP contribution in [0.2, 0.25) is 0 Å². The molecule has 0 spiro atoms. The molecule has 1 amide bonds. The van der Waals surface area contributed by atoms with Crippen molar-refractivity contribution in [2.45, 2.75) is 11.7 Å². The molecule has 7 nitrogen and oxygen atoms in total. The maximum absolute atomic E-state index is 12.2. The average Bonchev–Trinajstić information content (AvgIpc) is 3.26. The molecule has 0 aromatic carbocycles. The van der Waals surface area contributed by atoms with Crippen LogP contribution in [0.4, 0.5) is 0 Å². The zero-order chi connectivity index (χ0) is 16.2. The second-order valence-corrected chi connectivity index (χ2v) is 6.55.